The van der Waals surface area contributed by atoms with Crippen LogP contribution in [-0.2, 0) is 21.1 Å². The molecule has 0 aliphatic carbocycles. The van der Waals surface area contributed by atoms with Crippen molar-refractivity contribution in [3.63, 3.8) is 0 Å². The van der Waals surface area contributed by atoms with Crippen LogP contribution in [0, 0.1) is 0 Å². The molecule has 31 heavy (non-hydrogen) atoms. The Morgan fingerprint density at radius 1 is 0.452 bits per heavy atom. The first-order chi connectivity index (χ1) is 14.7. The van der Waals surface area contributed by atoms with Gasteiger partial charge in [0.15, 0.2) is 0 Å². The molecule has 0 radical (unpaired) electrons. The number of aromatic hydroxyl groups is 2. The van der Waals surface area contributed by atoms with E-state index in [1.807, 2.05) is 72.8 Å². The molecule has 6 rings (SSSR count). The number of phenolic OH excluding ortho intramolecular Hbond substituents is 2. The minimum atomic E-state index is 0. The van der Waals surface area contributed by atoms with Crippen LogP contribution in [0.4, 0.5) is 0 Å². The van der Waals surface area contributed by atoms with Gasteiger partial charge in [-0.3, -0.25) is 0 Å². The molecule has 2 heterocycles. The summed E-state index contributed by atoms with van der Waals surface area (Å²) in [5, 5.41) is 26.1. The Kier molecular flexibility index (Phi) is 4.60. The molecule has 0 unspecified atom stereocenters. The van der Waals surface area contributed by atoms with Crippen LogP contribution in [0.5, 0.6) is 11.5 Å². The van der Waals surface area contributed by atoms with E-state index in [2.05, 4.69) is 0 Å². The number of phenols is 2. The maximum Gasteiger partial charge on any atom is 0.125 e. The first-order valence-corrected chi connectivity index (χ1v) is 9.72. The summed E-state index contributed by atoms with van der Waals surface area (Å²) < 4.78 is 0. The van der Waals surface area contributed by atoms with Crippen LogP contribution >= 0.6 is 0 Å². The van der Waals surface area contributed by atoms with Gasteiger partial charge >= 0.3 is 0 Å². The molecule has 0 saturated carbocycles. The van der Waals surface area contributed by atoms with Crippen molar-refractivity contribution in [1.29, 1.82) is 0 Å². The van der Waals surface area contributed by atoms with E-state index in [0.717, 1.165) is 43.4 Å². The SMILES string of the molecule is Oc1cccc2ccc3ccc(-c4ccc5ccc6cccc(O)c6c5n4)nc3c12.[Pt]. The van der Waals surface area contributed by atoms with Crippen molar-refractivity contribution in [2.45, 2.75) is 0 Å². The van der Waals surface area contributed by atoms with Gasteiger partial charge in [0.2, 0.25) is 0 Å². The van der Waals surface area contributed by atoms with Gasteiger partial charge in [0.25, 0.3) is 0 Å². The van der Waals surface area contributed by atoms with Crippen molar-refractivity contribution in [2.75, 3.05) is 0 Å². The van der Waals surface area contributed by atoms with Crippen molar-refractivity contribution in [2.24, 2.45) is 0 Å². The molecule has 4 nitrogen and oxygen atoms in total. The van der Waals surface area contributed by atoms with Crippen molar-refractivity contribution < 1.29 is 31.3 Å². The van der Waals surface area contributed by atoms with Crippen molar-refractivity contribution in [3.8, 4) is 22.9 Å². The first-order valence-electron chi connectivity index (χ1n) is 9.72. The molecule has 2 N–H and O–H groups in total. The number of aromatic nitrogens is 2. The Morgan fingerprint density at radius 3 is 1.29 bits per heavy atom. The van der Waals surface area contributed by atoms with Gasteiger partial charge in [0.1, 0.15) is 11.5 Å². The molecule has 4 aromatic carbocycles. The summed E-state index contributed by atoms with van der Waals surface area (Å²) >= 11 is 0. The van der Waals surface area contributed by atoms with E-state index in [-0.39, 0.29) is 32.6 Å². The second-order valence-corrected chi connectivity index (χ2v) is 7.42. The van der Waals surface area contributed by atoms with Crippen molar-refractivity contribution >= 4 is 43.4 Å². The van der Waals surface area contributed by atoms with E-state index < -0.39 is 0 Å². The van der Waals surface area contributed by atoms with Crippen LogP contribution in [0.3, 0.4) is 0 Å². The summed E-state index contributed by atoms with van der Waals surface area (Å²) in [6, 6.07) is 26.8. The zero-order chi connectivity index (χ0) is 20.2. The van der Waals surface area contributed by atoms with Crippen LogP contribution in [0.1, 0.15) is 0 Å². The van der Waals surface area contributed by atoms with E-state index in [4.69, 9.17) is 9.97 Å². The Labute approximate surface area is 192 Å². The monoisotopic (exact) mass is 583 g/mol. The van der Waals surface area contributed by atoms with Gasteiger partial charge in [-0.25, -0.2) is 9.97 Å². The predicted octanol–water partition coefficient (Wildman–Crippen LogP) is 6.17. The van der Waals surface area contributed by atoms with Crippen molar-refractivity contribution in [1.82, 2.24) is 9.97 Å². The molecule has 0 amide bonds. The average Bonchev–Trinajstić information content (AvgIpc) is 2.78. The zero-order valence-electron chi connectivity index (χ0n) is 16.2. The van der Waals surface area contributed by atoms with Gasteiger partial charge in [0, 0.05) is 42.6 Å². The molecule has 0 spiro atoms. The molecule has 152 valence electrons. The normalized spacial score (nSPS) is 11.2. The molecule has 6 aromatic rings. The summed E-state index contributed by atoms with van der Waals surface area (Å²) in [5.41, 5.74) is 2.91. The number of hydrogen-bond acceptors (Lipinski definition) is 4. The standard InChI is InChI=1S/C26H16N2O2.Pt/c29-21-5-1-3-15-7-9-17-11-13-19(27-25(17)23(15)21)20-14-12-18-10-8-16-4-2-6-22(30)24(16)26(18)28-20;/h1-14,29-30H;. The molecule has 0 aliphatic rings. The van der Waals surface area contributed by atoms with E-state index in [1.54, 1.807) is 12.1 Å². The minimum Gasteiger partial charge on any atom is -0.507 e. The third-order valence-electron chi connectivity index (χ3n) is 5.62. The Morgan fingerprint density at radius 2 is 0.839 bits per heavy atom. The summed E-state index contributed by atoms with van der Waals surface area (Å²) in [7, 11) is 0. The summed E-state index contributed by atoms with van der Waals surface area (Å²) in [6.45, 7) is 0. The molecule has 0 fully saturated rings. The van der Waals surface area contributed by atoms with Crippen LogP contribution in [0.2, 0.25) is 0 Å². The van der Waals surface area contributed by atoms with Gasteiger partial charge in [-0.2, -0.15) is 0 Å². The van der Waals surface area contributed by atoms with Crippen molar-refractivity contribution in [3.05, 3.63) is 84.9 Å². The number of benzene rings is 4. The maximum absolute atomic E-state index is 10.4. The molecule has 5 heteroatoms. The van der Waals surface area contributed by atoms with Gasteiger partial charge < -0.3 is 10.2 Å². The Hall–Kier alpha value is -3.49. The number of nitrogens with zero attached hydrogens (tertiary/aromatic N) is 2. The van der Waals surface area contributed by atoms with E-state index >= 15 is 0 Å². The fourth-order valence-corrected chi connectivity index (χ4v) is 4.16. The molecule has 2 aromatic heterocycles. The molecule has 0 saturated heterocycles. The molecular weight excluding hydrogens is 567 g/mol. The van der Waals surface area contributed by atoms with Crippen LogP contribution in [0.25, 0.3) is 54.7 Å². The molecule has 0 atom stereocenters. The van der Waals surface area contributed by atoms with Crippen LogP contribution < -0.4 is 0 Å². The fraction of sp³-hybridized carbons (Fsp3) is 0. The molecule has 0 bridgehead atoms. The average molecular weight is 584 g/mol. The van der Waals surface area contributed by atoms with Gasteiger partial charge in [-0.15, -0.1) is 0 Å². The Bertz CT molecular complexity index is 1510. The predicted molar refractivity (Wildman–Crippen MR) is 121 cm³/mol. The number of rotatable bonds is 1. The molecular formula is C26H16N2O2Pt. The quantitative estimate of drug-likeness (QED) is 0.228. The van der Waals surface area contributed by atoms with Crippen LogP contribution in [0.15, 0.2) is 84.9 Å². The van der Waals surface area contributed by atoms with E-state index in [9.17, 15) is 10.2 Å². The number of hydrogen-bond donors (Lipinski definition) is 2. The molecule has 0 aliphatic heterocycles. The third-order valence-corrected chi connectivity index (χ3v) is 5.62. The van der Waals surface area contributed by atoms with Gasteiger partial charge in [0.05, 0.1) is 22.4 Å². The largest absolute Gasteiger partial charge is 0.507 e. The van der Waals surface area contributed by atoms with E-state index in [0.29, 0.717) is 11.4 Å². The first kappa shape index (κ1) is 19.5. The summed E-state index contributed by atoms with van der Waals surface area (Å²) in [5.74, 6) is 0.426. The number of pyridine rings is 2. The maximum atomic E-state index is 10.4. The second kappa shape index (κ2) is 7.33. The third kappa shape index (κ3) is 3.03. The van der Waals surface area contributed by atoms with Gasteiger partial charge in [-0.1, -0.05) is 60.7 Å². The summed E-state index contributed by atoms with van der Waals surface area (Å²) in [6.07, 6.45) is 0. The fourth-order valence-electron chi connectivity index (χ4n) is 4.16. The zero-order valence-corrected chi connectivity index (χ0v) is 18.5. The second-order valence-electron chi connectivity index (χ2n) is 7.42. The number of fused-ring (bicyclic) bond motifs is 6. The van der Waals surface area contributed by atoms with Gasteiger partial charge in [-0.05, 0) is 35.0 Å². The minimum absolute atomic E-state index is 0. The smallest absolute Gasteiger partial charge is 0.125 e. The van der Waals surface area contributed by atoms with Crippen LogP contribution in [-0.4, -0.2) is 20.2 Å². The Balaban J connectivity index is 0.00000204. The summed E-state index contributed by atoms with van der Waals surface area (Å²) in [4.78, 5) is 9.72. The topological polar surface area (TPSA) is 66.2 Å². The van der Waals surface area contributed by atoms with E-state index in [1.165, 1.54) is 0 Å².